The Kier molecular flexibility index (Phi) is 6.81. The van der Waals surface area contributed by atoms with E-state index in [1.54, 1.807) is 30.3 Å². The first-order chi connectivity index (χ1) is 16.7. The zero-order chi connectivity index (χ0) is 25.1. The molecule has 0 aliphatic carbocycles. The Balaban J connectivity index is 1.67. The van der Waals surface area contributed by atoms with Crippen molar-refractivity contribution < 1.29 is 24.0 Å². The van der Waals surface area contributed by atoms with Crippen LogP contribution in [-0.4, -0.2) is 22.8 Å². The number of para-hydroxylation sites is 1. The Bertz CT molecular complexity index is 1370. The van der Waals surface area contributed by atoms with Crippen LogP contribution in [0.4, 0.5) is 16.2 Å². The number of nitro benzene ring substituents is 1. The molecule has 0 spiro atoms. The molecule has 4 amide bonds. The number of urea groups is 1. The molecule has 3 aromatic rings. The number of halogens is 2. The van der Waals surface area contributed by atoms with Gasteiger partial charge in [0.25, 0.3) is 17.5 Å². The van der Waals surface area contributed by atoms with Crippen molar-refractivity contribution in [2.24, 2.45) is 0 Å². The van der Waals surface area contributed by atoms with Gasteiger partial charge in [-0.05, 0) is 48.0 Å². The molecule has 0 atom stereocenters. The van der Waals surface area contributed by atoms with Gasteiger partial charge in [0.1, 0.15) is 17.9 Å². The smallest absolute Gasteiger partial charge is 0.335 e. The van der Waals surface area contributed by atoms with Crippen molar-refractivity contribution >= 4 is 58.5 Å². The predicted octanol–water partition coefficient (Wildman–Crippen LogP) is 5.15. The number of benzene rings is 3. The number of hydrogen-bond donors (Lipinski definition) is 1. The average Bonchev–Trinajstić information content (AvgIpc) is 2.82. The number of rotatable bonds is 6. The zero-order valence-corrected chi connectivity index (χ0v) is 19.2. The summed E-state index contributed by atoms with van der Waals surface area (Å²) in [6.07, 6.45) is 1.24. The molecule has 0 unspecified atom stereocenters. The Hall–Kier alpha value is -4.21. The Morgan fingerprint density at radius 1 is 1.00 bits per heavy atom. The zero-order valence-electron chi connectivity index (χ0n) is 17.7. The maximum absolute atomic E-state index is 13.1. The van der Waals surface area contributed by atoms with Crippen molar-refractivity contribution in [1.82, 2.24) is 5.32 Å². The normalized spacial score (nSPS) is 14.7. The molecule has 0 bridgehead atoms. The summed E-state index contributed by atoms with van der Waals surface area (Å²) in [5, 5.41) is 13.3. The highest BCUT2D eigenvalue weighted by Crippen LogP contribution is 2.35. The van der Waals surface area contributed by atoms with Crippen molar-refractivity contribution in [2.75, 3.05) is 4.90 Å². The molecule has 9 nitrogen and oxygen atoms in total. The number of hydrogen-bond acceptors (Lipinski definition) is 6. The van der Waals surface area contributed by atoms with Gasteiger partial charge in [-0.15, -0.1) is 0 Å². The van der Waals surface area contributed by atoms with E-state index in [9.17, 15) is 24.5 Å². The first kappa shape index (κ1) is 23.9. The number of nitrogens with one attached hydrogen (secondary N) is 1. The highest BCUT2D eigenvalue weighted by molar-refractivity contribution is 6.40. The quantitative estimate of drug-likeness (QED) is 0.211. The molecule has 4 rings (SSSR count). The Labute approximate surface area is 208 Å². The Morgan fingerprint density at radius 2 is 1.69 bits per heavy atom. The monoisotopic (exact) mass is 511 g/mol. The third kappa shape index (κ3) is 5.16. The number of amides is 4. The van der Waals surface area contributed by atoms with Crippen LogP contribution in [0.25, 0.3) is 6.08 Å². The van der Waals surface area contributed by atoms with Gasteiger partial charge in [0.05, 0.1) is 15.6 Å². The molecule has 1 aliphatic rings. The summed E-state index contributed by atoms with van der Waals surface area (Å²) in [4.78, 5) is 49.2. The molecule has 1 fully saturated rings. The van der Waals surface area contributed by atoms with Gasteiger partial charge >= 0.3 is 6.03 Å². The second-order valence-corrected chi connectivity index (χ2v) is 8.16. The van der Waals surface area contributed by atoms with Crippen LogP contribution < -0.4 is 15.0 Å². The standard InChI is InChI=1S/C24H15Cl2N3O6/c25-16-10-15(21(20(26)12-16)35-13-14-6-8-18(9-7-14)29(33)34)11-19-22(30)27-24(32)28(23(19)31)17-4-2-1-3-5-17/h1-12H,13H2,(H,27,30,32)/b19-11+. The first-order valence-corrected chi connectivity index (χ1v) is 10.8. The fraction of sp³-hybridized carbons (Fsp3) is 0.0417. The third-order valence-corrected chi connectivity index (χ3v) is 5.48. The van der Waals surface area contributed by atoms with Gasteiger partial charge in [0.15, 0.2) is 0 Å². The molecule has 1 N–H and O–H groups in total. The van der Waals surface area contributed by atoms with Crippen molar-refractivity contribution in [2.45, 2.75) is 6.61 Å². The van der Waals surface area contributed by atoms with E-state index in [0.29, 0.717) is 5.56 Å². The van der Waals surface area contributed by atoms with Crippen LogP contribution in [-0.2, 0) is 16.2 Å². The summed E-state index contributed by atoms with van der Waals surface area (Å²) in [7, 11) is 0. The lowest BCUT2D eigenvalue weighted by molar-refractivity contribution is -0.384. The maximum Gasteiger partial charge on any atom is 0.335 e. The number of anilines is 1. The molecule has 1 saturated heterocycles. The van der Waals surface area contributed by atoms with E-state index < -0.39 is 22.8 Å². The number of nitro groups is 1. The molecule has 0 aromatic heterocycles. The maximum atomic E-state index is 13.1. The minimum atomic E-state index is -0.885. The summed E-state index contributed by atoms with van der Waals surface area (Å²) in [5.41, 5.74) is 0.736. The highest BCUT2D eigenvalue weighted by Gasteiger charge is 2.37. The van der Waals surface area contributed by atoms with E-state index in [2.05, 4.69) is 5.32 Å². The van der Waals surface area contributed by atoms with Crippen LogP contribution in [0.2, 0.25) is 10.0 Å². The van der Waals surface area contributed by atoms with Crippen LogP contribution in [0.3, 0.4) is 0 Å². The molecule has 0 saturated carbocycles. The third-order valence-electron chi connectivity index (χ3n) is 4.98. The molecular formula is C24H15Cl2N3O6. The second-order valence-electron chi connectivity index (χ2n) is 7.31. The Morgan fingerprint density at radius 3 is 2.34 bits per heavy atom. The summed E-state index contributed by atoms with van der Waals surface area (Å²) in [5.74, 6) is -1.59. The number of barbiturate groups is 1. The lowest BCUT2D eigenvalue weighted by Gasteiger charge is -2.26. The number of non-ortho nitro benzene ring substituents is 1. The van der Waals surface area contributed by atoms with Gasteiger partial charge < -0.3 is 4.74 Å². The van der Waals surface area contributed by atoms with E-state index in [1.807, 2.05) is 0 Å². The summed E-state index contributed by atoms with van der Waals surface area (Å²) < 4.78 is 5.83. The number of ether oxygens (including phenoxy) is 1. The van der Waals surface area contributed by atoms with Crippen LogP contribution in [0.15, 0.2) is 72.3 Å². The average molecular weight is 512 g/mol. The summed E-state index contributed by atoms with van der Waals surface area (Å²) >= 11 is 12.5. The molecular weight excluding hydrogens is 497 g/mol. The van der Waals surface area contributed by atoms with Crippen LogP contribution in [0, 0.1) is 10.1 Å². The van der Waals surface area contributed by atoms with Gasteiger partial charge in [0.2, 0.25) is 0 Å². The van der Waals surface area contributed by atoms with Crippen molar-refractivity contribution in [1.29, 1.82) is 0 Å². The molecule has 176 valence electrons. The van der Waals surface area contributed by atoms with Crippen molar-refractivity contribution in [3.8, 4) is 5.75 Å². The second kappa shape index (κ2) is 9.96. The fourth-order valence-corrected chi connectivity index (χ4v) is 3.90. The van der Waals surface area contributed by atoms with Gasteiger partial charge in [-0.25, -0.2) is 9.69 Å². The number of carbonyl (C=O) groups is 3. The van der Waals surface area contributed by atoms with E-state index in [4.69, 9.17) is 27.9 Å². The highest BCUT2D eigenvalue weighted by atomic mass is 35.5. The van der Waals surface area contributed by atoms with Crippen LogP contribution >= 0.6 is 23.2 Å². The van der Waals surface area contributed by atoms with E-state index in [0.717, 1.165) is 4.90 Å². The fourth-order valence-electron chi connectivity index (χ4n) is 3.33. The van der Waals surface area contributed by atoms with Gasteiger partial charge in [-0.1, -0.05) is 41.4 Å². The van der Waals surface area contributed by atoms with Gasteiger partial charge in [-0.2, -0.15) is 0 Å². The van der Waals surface area contributed by atoms with Crippen LogP contribution in [0.5, 0.6) is 5.75 Å². The summed E-state index contributed by atoms with van der Waals surface area (Å²) in [6.45, 7) is -0.00963. The molecule has 1 heterocycles. The predicted molar refractivity (Wildman–Crippen MR) is 129 cm³/mol. The molecule has 1 aliphatic heterocycles. The van der Waals surface area contributed by atoms with Crippen LogP contribution in [0.1, 0.15) is 11.1 Å². The number of imide groups is 2. The van der Waals surface area contributed by atoms with Crippen molar-refractivity contribution in [3.63, 3.8) is 0 Å². The minimum Gasteiger partial charge on any atom is -0.487 e. The molecule has 3 aromatic carbocycles. The molecule has 35 heavy (non-hydrogen) atoms. The van der Waals surface area contributed by atoms with E-state index in [1.165, 1.54) is 42.5 Å². The molecule has 0 radical (unpaired) electrons. The topological polar surface area (TPSA) is 119 Å². The van der Waals surface area contributed by atoms with E-state index in [-0.39, 0.29) is 44.9 Å². The van der Waals surface area contributed by atoms with Gasteiger partial charge in [-0.3, -0.25) is 25.0 Å². The lowest BCUT2D eigenvalue weighted by Crippen LogP contribution is -2.54. The number of nitrogens with zero attached hydrogens (tertiary/aromatic N) is 2. The molecule has 11 heteroatoms. The SMILES string of the molecule is O=C1NC(=O)N(c2ccccc2)C(=O)/C1=C/c1cc(Cl)cc(Cl)c1OCc1ccc([N+](=O)[O-])cc1. The largest absolute Gasteiger partial charge is 0.487 e. The van der Waals surface area contributed by atoms with Crippen molar-refractivity contribution in [3.05, 3.63) is 104 Å². The lowest BCUT2D eigenvalue weighted by atomic mass is 10.1. The first-order valence-electron chi connectivity index (χ1n) is 10.1. The minimum absolute atomic E-state index is 0.00963. The van der Waals surface area contributed by atoms with E-state index >= 15 is 0 Å². The summed E-state index contributed by atoms with van der Waals surface area (Å²) in [6, 6.07) is 15.9. The number of carbonyl (C=O) groups excluding carboxylic acids is 3. The van der Waals surface area contributed by atoms with Gasteiger partial charge in [0, 0.05) is 22.7 Å².